The van der Waals surface area contributed by atoms with Gasteiger partial charge in [-0.25, -0.2) is 9.59 Å². The molecule has 122 valence electrons. The third-order valence-electron chi connectivity index (χ3n) is 3.59. The topological polar surface area (TPSA) is 68.5 Å². The first kappa shape index (κ1) is 16.3. The quantitative estimate of drug-likeness (QED) is 0.542. The van der Waals surface area contributed by atoms with Gasteiger partial charge in [0.05, 0.1) is 12.7 Å². The van der Waals surface area contributed by atoms with E-state index in [0.717, 1.165) is 15.4 Å². The van der Waals surface area contributed by atoms with Crippen molar-refractivity contribution in [2.45, 2.75) is 6.54 Å². The first-order valence-corrected chi connectivity index (χ1v) is 8.01. The molecule has 0 aliphatic carbocycles. The number of ether oxygens (including phenoxy) is 1. The van der Waals surface area contributed by atoms with Gasteiger partial charge >= 0.3 is 11.6 Å². The Kier molecular flexibility index (Phi) is 4.66. The van der Waals surface area contributed by atoms with Gasteiger partial charge in [0.2, 0.25) is 0 Å². The second-order valence-corrected chi connectivity index (χ2v) is 6.04. The van der Waals surface area contributed by atoms with Crippen molar-refractivity contribution in [1.29, 1.82) is 0 Å². The van der Waals surface area contributed by atoms with E-state index in [9.17, 15) is 9.59 Å². The Morgan fingerprint density at radius 2 is 2.00 bits per heavy atom. The van der Waals surface area contributed by atoms with Gasteiger partial charge in [0.1, 0.15) is 5.58 Å². The summed E-state index contributed by atoms with van der Waals surface area (Å²) < 4.78 is 10.8. The molecule has 0 atom stereocenters. The van der Waals surface area contributed by atoms with Gasteiger partial charge in [-0.15, -0.1) is 0 Å². The van der Waals surface area contributed by atoms with Crippen molar-refractivity contribution in [2.24, 2.45) is 0 Å². The minimum absolute atomic E-state index is 0.373. The first-order valence-electron chi connectivity index (χ1n) is 7.22. The van der Waals surface area contributed by atoms with E-state index in [-0.39, 0.29) is 0 Å². The lowest BCUT2D eigenvalue weighted by atomic mass is 10.1. The summed E-state index contributed by atoms with van der Waals surface area (Å²) in [6, 6.07) is 14.0. The molecule has 0 unspecified atom stereocenters. The molecule has 24 heavy (non-hydrogen) atoms. The van der Waals surface area contributed by atoms with Crippen LogP contribution in [0.2, 0.25) is 0 Å². The molecule has 2 aromatic carbocycles. The number of anilines is 1. The Labute approximate surface area is 146 Å². The molecule has 1 aromatic heterocycles. The number of benzene rings is 2. The highest BCUT2D eigenvalue weighted by Gasteiger charge is 2.12. The van der Waals surface area contributed by atoms with Crippen LogP contribution in [0.3, 0.4) is 0 Å². The molecular weight excluding hydrogens is 374 g/mol. The second-order valence-electron chi connectivity index (χ2n) is 5.12. The molecule has 0 radical (unpaired) electrons. The number of halogens is 1. The van der Waals surface area contributed by atoms with Gasteiger partial charge in [-0.05, 0) is 35.9 Å². The van der Waals surface area contributed by atoms with Crippen molar-refractivity contribution in [2.75, 3.05) is 12.4 Å². The van der Waals surface area contributed by atoms with Gasteiger partial charge in [-0.3, -0.25) is 0 Å². The summed E-state index contributed by atoms with van der Waals surface area (Å²) in [5.41, 5.74) is 1.96. The zero-order chi connectivity index (χ0) is 17.1. The molecule has 0 aliphatic heterocycles. The zero-order valence-corrected chi connectivity index (χ0v) is 14.4. The van der Waals surface area contributed by atoms with Crippen molar-refractivity contribution in [3.63, 3.8) is 0 Å². The number of rotatable bonds is 4. The molecule has 0 aliphatic rings. The van der Waals surface area contributed by atoms with E-state index in [4.69, 9.17) is 9.15 Å². The highest BCUT2D eigenvalue weighted by molar-refractivity contribution is 9.10. The fourth-order valence-electron chi connectivity index (χ4n) is 2.47. The molecule has 0 bridgehead atoms. The molecule has 1 heterocycles. The largest absolute Gasteiger partial charge is 0.465 e. The van der Waals surface area contributed by atoms with Crippen LogP contribution < -0.4 is 10.9 Å². The highest BCUT2D eigenvalue weighted by Crippen LogP contribution is 2.23. The normalized spacial score (nSPS) is 10.6. The van der Waals surface area contributed by atoms with E-state index in [1.807, 2.05) is 18.2 Å². The molecule has 0 saturated carbocycles. The lowest BCUT2D eigenvalue weighted by molar-refractivity contribution is 0.0602. The third kappa shape index (κ3) is 3.33. The van der Waals surface area contributed by atoms with Gasteiger partial charge in [0, 0.05) is 28.2 Å². The van der Waals surface area contributed by atoms with Crippen LogP contribution in [0.4, 0.5) is 5.69 Å². The maximum atomic E-state index is 11.8. The minimum Gasteiger partial charge on any atom is -0.465 e. The number of esters is 1. The van der Waals surface area contributed by atoms with Gasteiger partial charge < -0.3 is 14.5 Å². The number of nitrogens with one attached hydrogen (secondary N) is 1. The molecule has 0 amide bonds. The summed E-state index contributed by atoms with van der Waals surface area (Å²) in [4.78, 5) is 23.6. The fourth-order valence-corrected chi connectivity index (χ4v) is 2.81. The average molecular weight is 388 g/mol. The molecule has 1 N–H and O–H groups in total. The lowest BCUT2D eigenvalue weighted by Gasteiger charge is -2.12. The third-order valence-corrected chi connectivity index (χ3v) is 4.09. The summed E-state index contributed by atoms with van der Waals surface area (Å²) >= 11 is 3.36. The van der Waals surface area contributed by atoms with E-state index < -0.39 is 11.6 Å². The van der Waals surface area contributed by atoms with Crippen LogP contribution in [0.5, 0.6) is 0 Å². The highest BCUT2D eigenvalue weighted by atomic mass is 79.9. The Hall–Kier alpha value is -2.60. The molecule has 3 aromatic rings. The maximum Gasteiger partial charge on any atom is 0.339 e. The van der Waals surface area contributed by atoms with Crippen LogP contribution in [0, 0.1) is 0 Å². The number of carbonyl (C=O) groups is 1. The summed E-state index contributed by atoms with van der Waals surface area (Å²) in [5.74, 6) is -0.417. The van der Waals surface area contributed by atoms with Crippen molar-refractivity contribution in [3.8, 4) is 0 Å². The minimum atomic E-state index is -0.418. The number of carbonyl (C=O) groups excluding carboxylic acids is 1. The van der Waals surface area contributed by atoms with Crippen LogP contribution >= 0.6 is 15.9 Å². The average Bonchev–Trinajstić information content (AvgIpc) is 2.58. The molecule has 0 spiro atoms. The Balaban J connectivity index is 1.95. The number of hydrogen-bond donors (Lipinski definition) is 1. The van der Waals surface area contributed by atoms with Crippen LogP contribution in [0.15, 0.2) is 62.2 Å². The molecule has 0 fully saturated rings. The Bertz CT molecular complexity index is 965. The van der Waals surface area contributed by atoms with E-state index in [1.165, 1.54) is 13.2 Å². The van der Waals surface area contributed by atoms with Crippen LogP contribution in [-0.4, -0.2) is 13.1 Å². The molecule has 5 nitrogen and oxygen atoms in total. The van der Waals surface area contributed by atoms with Crippen LogP contribution in [0.1, 0.15) is 15.9 Å². The van der Waals surface area contributed by atoms with Crippen molar-refractivity contribution >= 4 is 38.6 Å². The summed E-state index contributed by atoms with van der Waals surface area (Å²) in [5, 5.41) is 4.02. The van der Waals surface area contributed by atoms with Crippen molar-refractivity contribution in [3.05, 3.63) is 74.6 Å². The smallest absolute Gasteiger partial charge is 0.339 e. The molecule has 0 saturated heterocycles. The molecule has 3 rings (SSSR count). The van der Waals surface area contributed by atoms with Gasteiger partial charge in [0.25, 0.3) is 0 Å². The second kappa shape index (κ2) is 6.88. The maximum absolute atomic E-state index is 11.8. The van der Waals surface area contributed by atoms with Crippen LogP contribution in [-0.2, 0) is 11.3 Å². The number of hydrogen-bond acceptors (Lipinski definition) is 5. The summed E-state index contributed by atoms with van der Waals surface area (Å²) in [6.07, 6.45) is 0. The number of para-hydroxylation sites is 1. The zero-order valence-electron chi connectivity index (χ0n) is 12.8. The summed E-state index contributed by atoms with van der Waals surface area (Å²) in [6.45, 7) is 0.373. The Morgan fingerprint density at radius 1 is 1.21 bits per heavy atom. The van der Waals surface area contributed by atoms with Crippen molar-refractivity contribution < 1.29 is 13.9 Å². The van der Waals surface area contributed by atoms with Crippen molar-refractivity contribution in [1.82, 2.24) is 0 Å². The van der Waals surface area contributed by atoms with Gasteiger partial charge in [0.15, 0.2) is 0 Å². The van der Waals surface area contributed by atoms with E-state index in [1.54, 1.807) is 24.3 Å². The molecular formula is C18H14BrNO4. The predicted octanol–water partition coefficient (Wildman–Crippen LogP) is 3.95. The van der Waals surface area contributed by atoms with Gasteiger partial charge in [-0.2, -0.15) is 0 Å². The number of fused-ring (bicyclic) bond motifs is 1. The van der Waals surface area contributed by atoms with E-state index in [2.05, 4.69) is 21.2 Å². The standard InChI is InChI=1S/C18H14BrNO4/c1-23-18(22)14-4-2-3-5-15(14)20-10-11-8-17(21)24-16-9-12(19)6-7-13(11)16/h2-9,20H,10H2,1H3. The Morgan fingerprint density at radius 3 is 2.79 bits per heavy atom. The molecule has 6 heteroatoms. The fraction of sp³-hybridized carbons (Fsp3) is 0.111. The lowest BCUT2D eigenvalue weighted by Crippen LogP contribution is -2.10. The number of methoxy groups -OCH3 is 1. The van der Waals surface area contributed by atoms with E-state index >= 15 is 0 Å². The van der Waals surface area contributed by atoms with Gasteiger partial charge in [-0.1, -0.05) is 28.1 Å². The van der Waals surface area contributed by atoms with E-state index in [0.29, 0.717) is 23.4 Å². The predicted molar refractivity (Wildman–Crippen MR) is 95.3 cm³/mol. The first-order chi connectivity index (χ1) is 11.6. The SMILES string of the molecule is COC(=O)c1ccccc1NCc1cc(=O)oc2cc(Br)ccc12. The monoisotopic (exact) mass is 387 g/mol. The van der Waals surface area contributed by atoms with Crippen LogP contribution in [0.25, 0.3) is 11.0 Å². The summed E-state index contributed by atoms with van der Waals surface area (Å²) in [7, 11) is 1.34.